The van der Waals surface area contributed by atoms with Crippen LogP contribution in [0, 0.1) is 17.6 Å². The SMILES string of the molecule is NC1CCC=C(c2ccc(F)cc2)C1COc1cc(F)c(S(=O)(=O)Nc2cncs2)cc1Cl. The van der Waals surface area contributed by atoms with E-state index in [1.54, 1.807) is 12.1 Å². The van der Waals surface area contributed by atoms with Crippen LogP contribution in [0.2, 0.25) is 5.02 Å². The lowest BCUT2D eigenvalue weighted by Crippen LogP contribution is -2.36. The van der Waals surface area contributed by atoms with Crippen molar-refractivity contribution in [2.24, 2.45) is 11.7 Å². The van der Waals surface area contributed by atoms with Crippen molar-refractivity contribution in [3.05, 3.63) is 76.4 Å². The van der Waals surface area contributed by atoms with Crippen molar-refractivity contribution in [2.75, 3.05) is 11.3 Å². The van der Waals surface area contributed by atoms with Gasteiger partial charge in [-0.05, 0) is 42.2 Å². The zero-order valence-corrected chi connectivity index (χ0v) is 19.6. The van der Waals surface area contributed by atoms with Crippen LogP contribution in [0.4, 0.5) is 13.8 Å². The second-order valence-corrected chi connectivity index (χ2v) is 10.5. The van der Waals surface area contributed by atoms with Gasteiger partial charge in [0.1, 0.15) is 27.3 Å². The number of aromatic nitrogens is 1. The number of allylic oxidation sites excluding steroid dienone is 1. The van der Waals surface area contributed by atoms with Crippen molar-refractivity contribution in [1.82, 2.24) is 4.98 Å². The predicted molar refractivity (Wildman–Crippen MR) is 125 cm³/mol. The normalized spacial score (nSPS) is 18.6. The summed E-state index contributed by atoms with van der Waals surface area (Å²) >= 11 is 7.29. The zero-order chi connectivity index (χ0) is 23.6. The number of nitrogens with two attached hydrogens (primary N) is 1. The van der Waals surface area contributed by atoms with Crippen molar-refractivity contribution in [3.63, 3.8) is 0 Å². The second kappa shape index (κ2) is 9.76. The van der Waals surface area contributed by atoms with Crippen molar-refractivity contribution in [1.29, 1.82) is 0 Å². The standard InChI is InChI=1S/C22H20ClF2N3O3S2/c23-17-8-21(33(29,30)28-22-10-27-12-32-22)18(25)9-20(17)31-11-16-15(2-1-3-19(16)26)13-4-6-14(24)7-5-13/h2,4-10,12,16,19,28H,1,3,11,26H2. The van der Waals surface area contributed by atoms with Crippen LogP contribution in [0.25, 0.3) is 5.57 Å². The van der Waals surface area contributed by atoms with Gasteiger partial charge in [0, 0.05) is 18.0 Å². The van der Waals surface area contributed by atoms with Crippen molar-refractivity contribution in [2.45, 2.75) is 23.8 Å². The van der Waals surface area contributed by atoms with E-state index in [0.717, 1.165) is 47.4 Å². The van der Waals surface area contributed by atoms with Crippen molar-refractivity contribution < 1.29 is 21.9 Å². The molecule has 2 aromatic carbocycles. The van der Waals surface area contributed by atoms with Gasteiger partial charge in [-0.3, -0.25) is 9.71 Å². The Labute approximate surface area is 199 Å². The van der Waals surface area contributed by atoms with Crippen LogP contribution in [0.3, 0.4) is 0 Å². The Balaban J connectivity index is 1.54. The summed E-state index contributed by atoms with van der Waals surface area (Å²) in [5, 5.41) is 0.190. The molecule has 11 heteroatoms. The molecule has 0 amide bonds. The molecule has 2 atom stereocenters. The molecule has 0 bridgehead atoms. The Morgan fingerprint density at radius 2 is 2.00 bits per heavy atom. The molecule has 3 aromatic rings. The Morgan fingerprint density at radius 3 is 2.70 bits per heavy atom. The van der Waals surface area contributed by atoms with Crippen LogP contribution in [-0.4, -0.2) is 26.1 Å². The first kappa shape index (κ1) is 23.6. The maximum Gasteiger partial charge on any atom is 0.265 e. The van der Waals surface area contributed by atoms with Gasteiger partial charge >= 0.3 is 0 Å². The maximum absolute atomic E-state index is 14.7. The molecule has 1 heterocycles. The lowest BCUT2D eigenvalue weighted by Gasteiger charge is -2.30. The van der Waals surface area contributed by atoms with E-state index in [1.807, 2.05) is 6.08 Å². The summed E-state index contributed by atoms with van der Waals surface area (Å²) < 4.78 is 61.2. The van der Waals surface area contributed by atoms with E-state index in [0.29, 0.717) is 0 Å². The molecule has 6 nitrogen and oxygen atoms in total. The molecule has 1 aromatic heterocycles. The fourth-order valence-corrected chi connectivity index (χ4v) is 5.84. The van der Waals surface area contributed by atoms with Crippen LogP contribution in [0.1, 0.15) is 18.4 Å². The molecule has 0 radical (unpaired) electrons. The van der Waals surface area contributed by atoms with Gasteiger partial charge in [-0.15, -0.1) is 11.3 Å². The Bertz CT molecular complexity index is 1270. The van der Waals surface area contributed by atoms with Gasteiger partial charge in [-0.1, -0.05) is 29.8 Å². The molecule has 33 heavy (non-hydrogen) atoms. The summed E-state index contributed by atoms with van der Waals surface area (Å²) in [5.41, 5.74) is 9.51. The number of nitrogens with zero attached hydrogens (tertiary/aromatic N) is 1. The van der Waals surface area contributed by atoms with E-state index in [9.17, 15) is 17.2 Å². The largest absolute Gasteiger partial charge is 0.491 e. The summed E-state index contributed by atoms with van der Waals surface area (Å²) in [4.78, 5) is 3.18. The molecule has 1 aliphatic rings. The number of ether oxygens (including phenoxy) is 1. The number of nitrogens with one attached hydrogen (secondary N) is 1. The number of hydrogen-bond acceptors (Lipinski definition) is 6. The molecule has 174 valence electrons. The minimum Gasteiger partial charge on any atom is -0.491 e. The van der Waals surface area contributed by atoms with Crippen LogP contribution in [-0.2, 0) is 10.0 Å². The fourth-order valence-electron chi connectivity index (χ4n) is 3.66. The topological polar surface area (TPSA) is 94.3 Å². The van der Waals surface area contributed by atoms with Gasteiger partial charge in [-0.25, -0.2) is 17.2 Å². The summed E-state index contributed by atoms with van der Waals surface area (Å²) in [7, 11) is -4.20. The molecule has 0 fully saturated rings. The van der Waals surface area contributed by atoms with Gasteiger partial charge in [0.25, 0.3) is 10.0 Å². The van der Waals surface area contributed by atoms with Crippen molar-refractivity contribution >= 4 is 43.5 Å². The summed E-state index contributed by atoms with van der Waals surface area (Å²) in [6.45, 7) is 0.0920. The number of hydrogen-bond donors (Lipinski definition) is 2. The average molecular weight is 512 g/mol. The zero-order valence-electron chi connectivity index (χ0n) is 17.2. The molecule has 3 N–H and O–H groups in total. The monoisotopic (exact) mass is 511 g/mol. The van der Waals surface area contributed by atoms with Gasteiger partial charge in [0.2, 0.25) is 0 Å². The fraction of sp³-hybridized carbons (Fsp3) is 0.227. The number of rotatable bonds is 7. The quantitative estimate of drug-likeness (QED) is 0.461. The van der Waals surface area contributed by atoms with Crippen LogP contribution >= 0.6 is 22.9 Å². The number of halogens is 3. The lowest BCUT2D eigenvalue weighted by molar-refractivity contribution is 0.252. The highest BCUT2D eigenvalue weighted by Gasteiger charge is 2.28. The van der Waals surface area contributed by atoms with Gasteiger partial charge in [0.15, 0.2) is 0 Å². The number of sulfonamides is 1. The van der Waals surface area contributed by atoms with E-state index in [1.165, 1.54) is 23.8 Å². The molecular formula is C22H20ClF2N3O3S2. The van der Waals surface area contributed by atoms with E-state index < -0.39 is 20.7 Å². The molecule has 2 unspecified atom stereocenters. The smallest absolute Gasteiger partial charge is 0.265 e. The Morgan fingerprint density at radius 1 is 1.24 bits per heavy atom. The highest BCUT2D eigenvalue weighted by molar-refractivity contribution is 7.93. The van der Waals surface area contributed by atoms with E-state index in [-0.39, 0.29) is 40.2 Å². The molecule has 1 aliphatic carbocycles. The van der Waals surface area contributed by atoms with E-state index in [2.05, 4.69) is 9.71 Å². The first-order valence-electron chi connectivity index (χ1n) is 9.99. The van der Waals surface area contributed by atoms with E-state index >= 15 is 0 Å². The van der Waals surface area contributed by atoms with Gasteiger partial charge in [0.05, 0.1) is 23.3 Å². The molecular weight excluding hydrogens is 492 g/mol. The molecule has 0 aliphatic heterocycles. The van der Waals surface area contributed by atoms with Gasteiger partial charge in [-0.2, -0.15) is 0 Å². The number of anilines is 1. The predicted octanol–water partition coefficient (Wildman–Crippen LogP) is 5.08. The number of thiazole rings is 1. The maximum atomic E-state index is 14.7. The third-order valence-electron chi connectivity index (χ3n) is 5.32. The Kier molecular flexibility index (Phi) is 6.99. The highest BCUT2D eigenvalue weighted by atomic mass is 35.5. The lowest BCUT2D eigenvalue weighted by atomic mass is 9.81. The highest BCUT2D eigenvalue weighted by Crippen LogP contribution is 2.35. The minimum atomic E-state index is -4.20. The number of benzene rings is 2. The van der Waals surface area contributed by atoms with E-state index in [4.69, 9.17) is 22.1 Å². The second-order valence-electron chi connectivity index (χ2n) is 7.51. The summed E-state index contributed by atoms with van der Waals surface area (Å²) in [6, 6.07) is 7.83. The first-order valence-corrected chi connectivity index (χ1v) is 12.7. The molecule has 0 saturated carbocycles. The molecule has 0 saturated heterocycles. The molecule has 4 rings (SSSR count). The molecule has 0 spiro atoms. The third kappa shape index (κ3) is 5.35. The van der Waals surface area contributed by atoms with Crippen molar-refractivity contribution in [3.8, 4) is 5.75 Å². The first-order chi connectivity index (χ1) is 15.7. The average Bonchev–Trinajstić information content (AvgIpc) is 3.27. The van der Waals surface area contributed by atoms with Crippen LogP contribution < -0.4 is 15.2 Å². The Hall–Kier alpha value is -2.53. The van der Waals surface area contributed by atoms with Gasteiger partial charge < -0.3 is 10.5 Å². The third-order valence-corrected chi connectivity index (χ3v) is 7.81. The van der Waals surface area contributed by atoms with Crippen LogP contribution in [0.15, 0.2) is 59.1 Å². The van der Waals surface area contributed by atoms with Crippen LogP contribution in [0.5, 0.6) is 5.75 Å². The summed E-state index contributed by atoms with van der Waals surface area (Å²) in [5.74, 6) is -1.58. The minimum absolute atomic E-state index is 0.00198. The summed E-state index contributed by atoms with van der Waals surface area (Å²) in [6.07, 6.45) is 4.87.